The van der Waals surface area contributed by atoms with E-state index in [1.54, 1.807) is 0 Å². The minimum atomic E-state index is -0.717. The molecule has 1 aromatic rings. The van der Waals surface area contributed by atoms with Crippen molar-refractivity contribution in [3.8, 4) is 0 Å². The second kappa shape index (κ2) is 3.49. The average molecular weight is 154 g/mol. The van der Waals surface area contributed by atoms with Crippen molar-refractivity contribution in [2.75, 3.05) is 0 Å². The molecule has 0 bridgehead atoms. The third kappa shape index (κ3) is 2.29. The highest BCUT2D eigenvalue weighted by molar-refractivity contribution is 7.82. The first-order chi connectivity index (χ1) is 4.79. The van der Waals surface area contributed by atoms with Crippen LogP contribution in [0.5, 0.6) is 0 Å². The summed E-state index contributed by atoms with van der Waals surface area (Å²) >= 11 is 0. The summed E-state index contributed by atoms with van der Waals surface area (Å²) in [7, 11) is -0.717. The van der Waals surface area contributed by atoms with Gasteiger partial charge in [0.05, 0.1) is 0 Å². The molecule has 10 heavy (non-hydrogen) atoms. The maximum Gasteiger partial charge on any atom is 0.0426 e. The second-order valence-corrected chi connectivity index (χ2v) is 3.21. The third-order valence-corrected chi connectivity index (χ3v) is 1.81. The van der Waals surface area contributed by atoms with Gasteiger partial charge in [-0.15, -0.1) is 0 Å². The fourth-order valence-corrected chi connectivity index (χ4v) is 1.31. The molecule has 0 aliphatic carbocycles. The lowest BCUT2D eigenvalue weighted by atomic mass is 10.2. The predicted octanol–water partition coefficient (Wildman–Crippen LogP) is 1.44. The van der Waals surface area contributed by atoms with E-state index in [0.29, 0.717) is 5.75 Å². The standard InChI is InChI=1S/C7H10N2S/c8-10(9)6-7-4-2-1-3-5-7/h1-5H,6H2,(H3,8,9). The molecule has 3 N–H and O–H groups in total. The van der Waals surface area contributed by atoms with Gasteiger partial charge >= 0.3 is 0 Å². The van der Waals surface area contributed by atoms with Crippen LogP contribution in [0.2, 0.25) is 0 Å². The normalized spacial score (nSPS) is 12.9. The molecule has 1 atom stereocenters. The van der Waals surface area contributed by atoms with Gasteiger partial charge in [-0.1, -0.05) is 30.3 Å². The molecular formula is C7H10N2S. The molecule has 0 spiro atoms. The van der Waals surface area contributed by atoms with E-state index in [9.17, 15) is 0 Å². The molecule has 54 valence electrons. The Morgan fingerprint density at radius 1 is 1.30 bits per heavy atom. The Morgan fingerprint density at radius 3 is 2.40 bits per heavy atom. The highest BCUT2D eigenvalue weighted by Gasteiger charge is 1.89. The lowest BCUT2D eigenvalue weighted by Gasteiger charge is -1.97. The summed E-state index contributed by atoms with van der Waals surface area (Å²) in [5.41, 5.74) is 1.14. The van der Waals surface area contributed by atoms with Gasteiger partial charge < -0.3 is 0 Å². The molecule has 0 fully saturated rings. The van der Waals surface area contributed by atoms with Crippen molar-refractivity contribution in [2.24, 2.45) is 5.14 Å². The Bertz CT molecular complexity index is 220. The number of nitrogens with one attached hydrogen (secondary N) is 1. The molecule has 0 aromatic heterocycles. The van der Waals surface area contributed by atoms with Crippen LogP contribution in [0.1, 0.15) is 5.56 Å². The molecule has 1 aromatic carbocycles. The molecule has 1 unspecified atom stereocenters. The molecule has 2 nitrogen and oxygen atoms in total. The zero-order valence-corrected chi connectivity index (χ0v) is 6.40. The van der Waals surface area contributed by atoms with Gasteiger partial charge in [0.15, 0.2) is 0 Å². The maximum absolute atomic E-state index is 7.12. The molecule has 0 saturated carbocycles. The van der Waals surface area contributed by atoms with Crippen LogP contribution >= 0.6 is 0 Å². The number of benzene rings is 1. The van der Waals surface area contributed by atoms with E-state index >= 15 is 0 Å². The van der Waals surface area contributed by atoms with Crippen molar-refractivity contribution in [1.29, 1.82) is 4.78 Å². The van der Waals surface area contributed by atoms with E-state index in [-0.39, 0.29) is 0 Å². The van der Waals surface area contributed by atoms with Crippen molar-refractivity contribution in [1.82, 2.24) is 0 Å². The van der Waals surface area contributed by atoms with E-state index in [4.69, 9.17) is 9.92 Å². The second-order valence-electron chi connectivity index (χ2n) is 2.06. The minimum Gasteiger partial charge on any atom is -0.269 e. The van der Waals surface area contributed by atoms with Gasteiger partial charge in [-0.3, -0.25) is 9.92 Å². The molecule has 0 amide bonds. The zero-order valence-electron chi connectivity index (χ0n) is 5.58. The van der Waals surface area contributed by atoms with Crippen molar-refractivity contribution in [2.45, 2.75) is 5.75 Å². The molecule has 0 heterocycles. The average Bonchev–Trinajstić information content (AvgIpc) is 1.88. The smallest absolute Gasteiger partial charge is 0.0426 e. The molecule has 0 aliphatic heterocycles. The van der Waals surface area contributed by atoms with Gasteiger partial charge in [0.1, 0.15) is 0 Å². The SMILES string of the molecule is N=S(N)Cc1ccccc1. The third-order valence-electron chi connectivity index (χ3n) is 1.16. The van der Waals surface area contributed by atoms with Crippen LogP contribution in [-0.2, 0) is 16.6 Å². The van der Waals surface area contributed by atoms with Crippen LogP contribution in [0.25, 0.3) is 0 Å². The van der Waals surface area contributed by atoms with Gasteiger partial charge in [0.25, 0.3) is 0 Å². The first-order valence-electron chi connectivity index (χ1n) is 2.99. The number of rotatable bonds is 2. The quantitative estimate of drug-likeness (QED) is 0.665. The molecule has 0 radical (unpaired) electrons. The predicted molar refractivity (Wildman–Crippen MR) is 44.4 cm³/mol. The van der Waals surface area contributed by atoms with E-state index in [2.05, 4.69) is 0 Å². The topological polar surface area (TPSA) is 49.9 Å². The van der Waals surface area contributed by atoms with E-state index in [1.165, 1.54) is 0 Å². The Kier molecular flexibility index (Phi) is 2.59. The van der Waals surface area contributed by atoms with Crippen LogP contribution in [0.3, 0.4) is 0 Å². The van der Waals surface area contributed by atoms with Crippen molar-refractivity contribution >= 4 is 10.9 Å². The summed E-state index contributed by atoms with van der Waals surface area (Å²) in [6, 6.07) is 9.86. The molecule has 3 heteroatoms. The number of nitrogens with two attached hydrogens (primary N) is 1. The van der Waals surface area contributed by atoms with Crippen LogP contribution in [-0.4, -0.2) is 0 Å². The van der Waals surface area contributed by atoms with Crippen LogP contribution < -0.4 is 5.14 Å². The fourth-order valence-electron chi connectivity index (χ4n) is 0.754. The summed E-state index contributed by atoms with van der Waals surface area (Å²) in [6.45, 7) is 0. The maximum atomic E-state index is 7.12. The van der Waals surface area contributed by atoms with Crippen LogP contribution in [0.4, 0.5) is 0 Å². The number of hydrogen-bond donors (Lipinski definition) is 2. The van der Waals surface area contributed by atoms with Gasteiger partial charge in [-0.25, -0.2) is 0 Å². The molecular weight excluding hydrogens is 144 g/mol. The monoisotopic (exact) mass is 154 g/mol. The van der Waals surface area contributed by atoms with Crippen LogP contribution in [0.15, 0.2) is 30.3 Å². The molecule has 1 rings (SSSR count). The van der Waals surface area contributed by atoms with E-state index in [1.807, 2.05) is 30.3 Å². The van der Waals surface area contributed by atoms with Gasteiger partial charge in [-0.05, 0) is 16.4 Å². The van der Waals surface area contributed by atoms with E-state index < -0.39 is 10.9 Å². The van der Waals surface area contributed by atoms with Crippen molar-refractivity contribution in [3.63, 3.8) is 0 Å². The number of hydrogen-bond acceptors (Lipinski definition) is 1. The summed E-state index contributed by atoms with van der Waals surface area (Å²) in [5.74, 6) is 0.668. The van der Waals surface area contributed by atoms with Crippen molar-refractivity contribution < 1.29 is 0 Å². The lowest BCUT2D eigenvalue weighted by molar-refractivity contribution is 1.38. The van der Waals surface area contributed by atoms with Gasteiger partial charge in [-0.2, -0.15) is 0 Å². The minimum absolute atomic E-state index is 0.668. The summed E-state index contributed by atoms with van der Waals surface area (Å²) < 4.78 is 7.12. The molecule has 0 saturated heterocycles. The first kappa shape index (κ1) is 7.44. The van der Waals surface area contributed by atoms with Crippen LogP contribution in [0, 0.1) is 4.78 Å². The first-order valence-corrected chi connectivity index (χ1v) is 4.45. The fraction of sp³-hybridized carbons (Fsp3) is 0.143. The Hall–Kier alpha value is -0.670. The summed E-state index contributed by atoms with van der Waals surface area (Å²) in [4.78, 5) is 0. The largest absolute Gasteiger partial charge is 0.269 e. The summed E-state index contributed by atoms with van der Waals surface area (Å²) in [5, 5.41) is 5.32. The Labute approximate surface area is 63.1 Å². The zero-order chi connectivity index (χ0) is 7.40. The highest BCUT2D eigenvalue weighted by atomic mass is 32.2. The van der Waals surface area contributed by atoms with Gasteiger partial charge in [0, 0.05) is 5.75 Å². The summed E-state index contributed by atoms with van der Waals surface area (Å²) in [6.07, 6.45) is 0. The Balaban J connectivity index is 2.67. The molecule has 0 aliphatic rings. The Morgan fingerprint density at radius 2 is 1.90 bits per heavy atom. The van der Waals surface area contributed by atoms with Crippen molar-refractivity contribution in [3.05, 3.63) is 35.9 Å². The van der Waals surface area contributed by atoms with E-state index in [0.717, 1.165) is 5.56 Å². The lowest BCUT2D eigenvalue weighted by Crippen LogP contribution is -2.02. The van der Waals surface area contributed by atoms with Gasteiger partial charge in [0.2, 0.25) is 0 Å². The highest BCUT2D eigenvalue weighted by Crippen LogP contribution is 1.99.